The maximum absolute atomic E-state index is 13.4. The average molecular weight is 367 g/mol. The van der Waals surface area contributed by atoms with Crippen LogP contribution < -0.4 is 4.90 Å². The third kappa shape index (κ3) is 3.55. The fraction of sp³-hybridized carbons (Fsp3) is 0.350. The third-order valence-electron chi connectivity index (χ3n) is 4.67. The van der Waals surface area contributed by atoms with Gasteiger partial charge < -0.3 is 14.2 Å². The van der Waals surface area contributed by atoms with Gasteiger partial charge in [0.1, 0.15) is 11.5 Å². The van der Waals surface area contributed by atoms with Gasteiger partial charge in [0, 0.05) is 44.3 Å². The van der Waals surface area contributed by atoms with Crippen molar-refractivity contribution < 1.29 is 9.13 Å². The van der Waals surface area contributed by atoms with Gasteiger partial charge in [0.05, 0.1) is 12.2 Å². The van der Waals surface area contributed by atoms with Crippen LogP contribution >= 0.6 is 0 Å². The molecule has 3 aromatic rings. The van der Waals surface area contributed by atoms with Crippen LogP contribution in [0.5, 0.6) is 0 Å². The molecule has 2 atom stereocenters. The van der Waals surface area contributed by atoms with E-state index in [1.165, 1.54) is 12.1 Å². The number of rotatable bonds is 3. The molecule has 0 bridgehead atoms. The van der Waals surface area contributed by atoms with Crippen molar-refractivity contribution in [1.29, 1.82) is 0 Å². The number of imidazole rings is 1. The van der Waals surface area contributed by atoms with Crippen LogP contribution in [0.25, 0.3) is 22.6 Å². The van der Waals surface area contributed by atoms with Gasteiger partial charge in [-0.05, 0) is 31.5 Å². The van der Waals surface area contributed by atoms with Gasteiger partial charge in [-0.1, -0.05) is 12.1 Å². The Kier molecular flexibility index (Phi) is 4.61. The van der Waals surface area contributed by atoms with E-state index >= 15 is 0 Å². The number of aryl methyl sites for hydroxylation is 1. The first-order chi connectivity index (χ1) is 13.0. The van der Waals surface area contributed by atoms with E-state index in [9.17, 15) is 4.39 Å². The van der Waals surface area contributed by atoms with Gasteiger partial charge in [-0.25, -0.2) is 19.3 Å². The first-order valence-electron chi connectivity index (χ1n) is 9.02. The molecule has 0 radical (unpaired) electrons. The summed E-state index contributed by atoms with van der Waals surface area (Å²) in [6.45, 7) is 5.57. The van der Waals surface area contributed by atoms with E-state index in [4.69, 9.17) is 9.72 Å². The molecule has 1 saturated heterocycles. The molecule has 0 aliphatic carbocycles. The van der Waals surface area contributed by atoms with Crippen molar-refractivity contribution in [1.82, 2.24) is 19.5 Å². The number of ether oxygens (including phenoxy) is 1. The number of anilines is 1. The monoisotopic (exact) mass is 367 g/mol. The predicted octanol–water partition coefficient (Wildman–Crippen LogP) is 3.30. The topological polar surface area (TPSA) is 56.1 Å². The summed E-state index contributed by atoms with van der Waals surface area (Å²) in [5.41, 5.74) is 2.40. The smallest absolute Gasteiger partial charge is 0.226 e. The second-order valence-corrected chi connectivity index (χ2v) is 6.96. The van der Waals surface area contributed by atoms with Crippen molar-refractivity contribution in [2.45, 2.75) is 26.1 Å². The summed E-state index contributed by atoms with van der Waals surface area (Å²) >= 11 is 0. The second-order valence-electron chi connectivity index (χ2n) is 6.96. The van der Waals surface area contributed by atoms with Crippen LogP contribution in [0.15, 0.2) is 42.9 Å². The fourth-order valence-electron chi connectivity index (χ4n) is 3.47. The SMILES string of the molecule is C[C@H]1CN(c2ncc(-c3ccc(F)cc3)c(-c3nccn3C)n2)C[C@H](C)O1. The normalized spacial score (nSPS) is 20.1. The maximum atomic E-state index is 13.4. The summed E-state index contributed by atoms with van der Waals surface area (Å²) < 4.78 is 21.1. The highest BCUT2D eigenvalue weighted by atomic mass is 19.1. The lowest BCUT2D eigenvalue weighted by molar-refractivity contribution is -0.00571. The lowest BCUT2D eigenvalue weighted by Gasteiger charge is -2.35. The zero-order valence-electron chi connectivity index (χ0n) is 15.6. The van der Waals surface area contributed by atoms with Crippen molar-refractivity contribution in [2.75, 3.05) is 18.0 Å². The van der Waals surface area contributed by atoms with Crippen molar-refractivity contribution in [2.24, 2.45) is 7.05 Å². The van der Waals surface area contributed by atoms with Crippen LogP contribution in [0.1, 0.15) is 13.8 Å². The van der Waals surface area contributed by atoms with Crippen molar-refractivity contribution in [3.63, 3.8) is 0 Å². The first kappa shape index (κ1) is 17.6. The summed E-state index contributed by atoms with van der Waals surface area (Å²) in [5, 5.41) is 0. The molecule has 3 heterocycles. The maximum Gasteiger partial charge on any atom is 0.226 e. The highest BCUT2D eigenvalue weighted by molar-refractivity contribution is 5.78. The molecule has 6 nitrogen and oxygen atoms in total. The minimum atomic E-state index is -0.272. The second kappa shape index (κ2) is 7.08. The van der Waals surface area contributed by atoms with Crippen LogP contribution in [0.3, 0.4) is 0 Å². The molecule has 0 amide bonds. The number of hydrogen-bond acceptors (Lipinski definition) is 5. The van der Waals surface area contributed by atoms with E-state index in [-0.39, 0.29) is 18.0 Å². The Morgan fingerprint density at radius 1 is 1.07 bits per heavy atom. The zero-order chi connectivity index (χ0) is 19.0. The number of halogens is 1. The quantitative estimate of drug-likeness (QED) is 0.711. The lowest BCUT2D eigenvalue weighted by Crippen LogP contribution is -2.46. The summed E-state index contributed by atoms with van der Waals surface area (Å²) in [6.07, 6.45) is 5.65. The zero-order valence-corrected chi connectivity index (χ0v) is 15.6. The Morgan fingerprint density at radius 2 is 1.78 bits per heavy atom. The summed E-state index contributed by atoms with van der Waals surface area (Å²) in [4.78, 5) is 16.0. The molecule has 0 unspecified atom stereocenters. The van der Waals surface area contributed by atoms with E-state index in [1.807, 2.05) is 17.8 Å². The van der Waals surface area contributed by atoms with Crippen LogP contribution in [0.2, 0.25) is 0 Å². The van der Waals surface area contributed by atoms with Gasteiger partial charge in [-0.2, -0.15) is 0 Å². The van der Waals surface area contributed by atoms with Crippen LogP contribution in [-0.4, -0.2) is 44.8 Å². The fourth-order valence-corrected chi connectivity index (χ4v) is 3.47. The highest BCUT2D eigenvalue weighted by Crippen LogP contribution is 2.31. The molecular formula is C20H22FN5O. The molecule has 4 rings (SSSR count). The molecule has 1 aliphatic heterocycles. The van der Waals surface area contributed by atoms with Gasteiger partial charge in [0.15, 0.2) is 5.82 Å². The lowest BCUT2D eigenvalue weighted by atomic mass is 10.1. The Labute approximate surface area is 157 Å². The summed E-state index contributed by atoms with van der Waals surface area (Å²) in [6, 6.07) is 6.35. The molecule has 140 valence electrons. The minimum Gasteiger partial charge on any atom is -0.372 e. The highest BCUT2D eigenvalue weighted by Gasteiger charge is 2.25. The number of aromatic nitrogens is 4. The van der Waals surface area contributed by atoms with Crippen molar-refractivity contribution in [3.8, 4) is 22.6 Å². The Morgan fingerprint density at radius 3 is 2.41 bits per heavy atom. The van der Waals surface area contributed by atoms with Gasteiger partial charge in [-0.3, -0.25) is 0 Å². The van der Waals surface area contributed by atoms with Crippen molar-refractivity contribution in [3.05, 3.63) is 48.7 Å². The van der Waals surface area contributed by atoms with E-state index in [1.54, 1.807) is 24.5 Å². The molecule has 1 aliphatic rings. The van der Waals surface area contributed by atoms with Crippen LogP contribution in [0, 0.1) is 5.82 Å². The Bertz CT molecular complexity index is 930. The van der Waals surface area contributed by atoms with Gasteiger partial charge >= 0.3 is 0 Å². The van der Waals surface area contributed by atoms with Gasteiger partial charge in [-0.15, -0.1) is 0 Å². The molecule has 2 aromatic heterocycles. The van der Waals surface area contributed by atoms with E-state index in [0.29, 0.717) is 5.95 Å². The van der Waals surface area contributed by atoms with Gasteiger partial charge in [0.2, 0.25) is 5.95 Å². The van der Waals surface area contributed by atoms with Gasteiger partial charge in [0.25, 0.3) is 0 Å². The molecule has 1 aromatic carbocycles. The van der Waals surface area contributed by atoms with Crippen LogP contribution in [0.4, 0.5) is 10.3 Å². The third-order valence-corrected chi connectivity index (χ3v) is 4.67. The molecule has 0 spiro atoms. The van der Waals surface area contributed by atoms with E-state index < -0.39 is 0 Å². The van der Waals surface area contributed by atoms with Crippen LogP contribution in [-0.2, 0) is 11.8 Å². The van der Waals surface area contributed by atoms with E-state index in [0.717, 1.165) is 35.7 Å². The molecule has 7 heteroatoms. The minimum absolute atomic E-state index is 0.116. The molecule has 0 N–H and O–H groups in total. The Balaban J connectivity index is 1.81. The molecule has 27 heavy (non-hydrogen) atoms. The molecule has 1 fully saturated rings. The average Bonchev–Trinajstić information content (AvgIpc) is 3.07. The first-order valence-corrected chi connectivity index (χ1v) is 9.02. The number of nitrogens with zero attached hydrogens (tertiary/aromatic N) is 5. The Hall–Kier alpha value is -2.80. The standard InChI is InChI=1S/C20H22FN5O/c1-13-11-26(12-14(2)27-13)20-23-10-17(15-4-6-16(21)7-5-15)18(24-20)19-22-8-9-25(19)3/h4-10,13-14H,11-12H2,1-3H3/t13-,14-/m0/s1. The number of hydrogen-bond donors (Lipinski definition) is 0. The van der Waals surface area contributed by atoms with Crippen molar-refractivity contribution >= 4 is 5.95 Å². The largest absolute Gasteiger partial charge is 0.372 e. The summed E-state index contributed by atoms with van der Waals surface area (Å²) in [5.74, 6) is 1.12. The summed E-state index contributed by atoms with van der Waals surface area (Å²) in [7, 11) is 1.93. The molecule has 0 saturated carbocycles. The van der Waals surface area contributed by atoms with E-state index in [2.05, 4.69) is 28.7 Å². The predicted molar refractivity (Wildman–Crippen MR) is 102 cm³/mol. The molecular weight excluding hydrogens is 345 g/mol. The number of morpholine rings is 1. The number of benzene rings is 1.